The van der Waals surface area contributed by atoms with Crippen molar-refractivity contribution in [2.45, 2.75) is 45.6 Å². The van der Waals surface area contributed by atoms with Gasteiger partial charge in [-0.25, -0.2) is 0 Å². The van der Waals surface area contributed by atoms with Crippen molar-refractivity contribution in [3.8, 4) is 0 Å². The molecule has 3 nitrogen and oxygen atoms in total. The molecular weight excluding hydrogens is 248 g/mol. The summed E-state index contributed by atoms with van der Waals surface area (Å²) in [6, 6.07) is 8.67. The van der Waals surface area contributed by atoms with Crippen LogP contribution in [0.1, 0.15) is 50.3 Å². The van der Waals surface area contributed by atoms with E-state index in [1.54, 1.807) is 0 Å². The number of nitrogens with zero attached hydrogens (tertiary/aromatic N) is 1. The smallest absolute Gasteiger partial charge is 0.230 e. The number of nitrogens with two attached hydrogens (primary N) is 1. The molecule has 1 aliphatic rings. The molecule has 0 radical (unpaired) electrons. The van der Waals surface area contributed by atoms with Gasteiger partial charge in [-0.1, -0.05) is 38.1 Å². The molecule has 1 amide bonds. The second-order valence-corrected chi connectivity index (χ2v) is 5.86. The van der Waals surface area contributed by atoms with Gasteiger partial charge in [0.1, 0.15) is 0 Å². The Hall–Kier alpha value is -1.35. The van der Waals surface area contributed by atoms with Crippen molar-refractivity contribution >= 4 is 5.91 Å². The topological polar surface area (TPSA) is 46.3 Å². The van der Waals surface area contributed by atoms with Crippen LogP contribution in [0.5, 0.6) is 0 Å². The summed E-state index contributed by atoms with van der Waals surface area (Å²) in [6.07, 6.45) is 3.69. The minimum atomic E-state index is -0.397. The molecule has 2 N–H and O–H groups in total. The van der Waals surface area contributed by atoms with Gasteiger partial charge in [-0.3, -0.25) is 4.79 Å². The highest BCUT2D eigenvalue weighted by molar-refractivity contribution is 5.83. The lowest BCUT2D eigenvalue weighted by Crippen LogP contribution is -2.47. The van der Waals surface area contributed by atoms with Crippen LogP contribution in [0.15, 0.2) is 24.3 Å². The van der Waals surface area contributed by atoms with Crippen molar-refractivity contribution in [3.05, 3.63) is 35.4 Å². The molecule has 0 aromatic heterocycles. The van der Waals surface area contributed by atoms with E-state index < -0.39 is 5.41 Å². The van der Waals surface area contributed by atoms with Crippen LogP contribution in [-0.2, 0) is 11.2 Å². The van der Waals surface area contributed by atoms with Gasteiger partial charge in [0, 0.05) is 13.6 Å². The first-order valence-corrected chi connectivity index (χ1v) is 7.64. The second kappa shape index (κ2) is 5.96. The minimum Gasteiger partial charge on any atom is -0.338 e. The fourth-order valence-corrected chi connectivity index (χ4v) is 3.38. The Morgan fingerprint density at radius 3 is 2.60 bits per heavy atom. The van der Waals surface area contributed by atoms with Crippen molar-refractivity contribution in [2.75, 3.05) is 13.6 Å². The fraction of sp³-hybridized carbons (Fsp3) is 0.588. The van der Waals surface area contributed by atoms with Gasteiger partial charge >= 0.3 is 0 Å². The number of carbonyl (C=O) groups is 1. The van der Waals surface area contributed by atoms with Crippen molar-refractivity contribution in [2.24, 2.45) is 11.1 Å². The average Bonchev–Trinajstić information content (AvgIpc) is 2.92. The first-order valence-electron chi connectivity index (χ1n) is 7.64. The molecule has 1 aromatic carbocycles. The standard InChI is InChI=1S/C17H26N2O/c1-4-17(5-2,12-18)16(20)19(3)15-11-10-13-8-6-7-9-14(13)15/h6-9,15H,4-5,10-12,18H2,1-3H3. The number of benzene rings is 1. The summed E-state index contributed by atoms with van der Waals surface area (Å²) in [5, 5.41) is 0. The van der Waals surface area contributed by atoms with Crippen LogP contribution >= 0.6 is 0 Å². The van der Waals surface area contributed by atoms with Gasteiger partial charge in [-0.15, -0.1) is 0 Å². The van der Waals surface area contributed by atoms with E-state index in [1.807, 2.05) is 11.9 Å². The number of hydrogen-bond donors (Lipinski definition) is 1. The first-order chi connectivity index (χ1) is 9.59. The predicted molar refractivity (Wildman–Crippen MR) is 82.3 cm³/mol. The highest BCUT2D eigenvalue weighted by Gasteiger charge is 2.39. The van der Waals surface area contributed by atoms with Gasteiger partial charge in [-0.2, -0.15) is 0 Å². The molecule has 1 aliphatic carbocycles. The fourth-order valence-electron chi connectivity index (χ4n) is 3.38. The van der Waals surface area contributed by atoms with E-state index in [9.17, 15) is 4.79 Å². The molecule has 0 bridgehead atoms. The number of rotatable bonds is 5. The van der Waals surface area contributed by atoms with Gasteiger partial charge in [0.2, 0.25) is 5.91 Å². The van der Waals surface area contributed by atoms with E-state index in [-0.39, 0.29) is 11.9 Å². The van der Waals surface area contributed by atoms with E-state index in [2.05, 4.69) is 38.1 Å². The lowest BCUT2D eigenvalue weighted by molar-refractivity contribution is -0.143. The molecule has 0 spiro atoms. The summed E-state index contributed by atoms with van der Waals surface area (Å²) >= 11 is 0. The van der Waals surface area contributed by atoms with Gasteiger partial charge in [-0.05, 0) is 36.8 Å². The third kappa shape index (κ3) is 2.35. The molecule has 0 aliphatic heterocycles. The summed E-state index contributed by atoms with van der Waals surface area (Å²) in [6.45, 7) is 4.55. The lowest BCUT2D eigenvalue weighted by atomic mass is 9.80. The first kappa shape index (κ1) is 15.0. The molecule has 110 valence electrons. The van der Waals surface area contributed by atoms with Crippen molar-refractivity contribution < 1.29 is 4.79 Å². The normalized spacial score (nSPS) is 17.9. The minimum absolute atomic E-state index is 0.201. The van der Waals surface area contributed by atoms with Crippen LogP contribution in [-0.4, -0.2) is 24.4 Å². The largest absolute Gasteiger partial charge is 0.338 e. The molecule has 20 heavy (non-hydrogen) atoms. The molecular formula is C17H26N2O. The number of fused-ring (bicyclic) bond motifs is 1. The molecule has 1 aromatic rings. The molecule has 1 atom stereocenters. The number of hydrogen-bond acceptors (Lipinski definition) is 2. The van der Waals surface area contributed by atoms with Crippen molar-refractivity contribution in [1.82, 2.24) is 4.90 Å². The summed E-state index contributed by atoms with van der Waals surface area (Å²) in [5.74, 6) is 0.201. The van der Waals surface area contributed by atoms with Gasteiger partial charge < -0.3 is 10.6 Å². The highest BCUT2D eigenvalue weighted by Crippen LogP contribution is 2.38. The van der Waals surface area contributed by atoms with Crippen molar-refractivity contribution in [1.29, 1.82) is 0 Å². The maximum atomic E-state index is 12.9. The third-order valence-electron chi connectivity index (χ3n) is 5.09. The molecule has 3 heteroatoms. The Kier molecular flexibility index (Phi) is 4.48. The average molecular weight is 274 g/mol. The van der Waals surface area contributed by atoms with Crippen LogP contribution in [0.2, 0.25) is 0 Å². The van der Waals surface area contributed by atoms with E-state index in [0.29, 0.717) is 6.54 Å². The summed E-state index contributed by atoms with van der Waals surface area (Å²) in [5.41, 5.74) is 8.20. The summed E-state index contributed by atoms with van der Waals surface area (Å²) in [7, 11) is 1.94. The Balaban J connectivity index is 2.24. The predicted octanol–water partition coefficient (Wildman–Crippen LogP) is 2.90. The van der Waals surface area contributed by atoms with Crippen LogP contribution in [0.3, 0.4) is 0 Å². The summed E-state index contributed by atoms with van der Waals surface area (Å²) < 4.78 is 0. The zero-order valence-electron chi connectivity index (χ0n) is 12.9. The number of aryl methyl sites for hydroxylation is 1. The van der Waals surface area contributed by atoms with Gasteiger partial charge in [0.25, 0.3) is 0 Å². The van der Waals surface area contributed by atoms with Gasteiger partial charge in [0.15, 0.2) is 0 Å². The number of amides is 1. The van der Waals surface area contributed by atoms with Crippen LogP contribution in [0.4, 0.5) is 0 Å². The molecule has 0 saturated carbocycles. The van der Waals surface area contributed by atoms with Gasteiger partial charge in [0.05, 0.1) is 11.5 Å². The zero-order valence-corrected chi connectivity index (χ0v) is 12.9. The Morgan fingerprint density at radius 1 is 1.35 bits per heavy atom. The Bertz CT molecular complexity index is 471. The molecule has 0 saturated heterocycles. The van der Waals surface area contributed by atoms with E-state index in [1.165, 1.54) is 11.1 Å². The van der Waals surface area contributed by atoms with Crippen molar-refractivity contribution in [3.63, 3.8) is 0 Å². The van der Waals surface area contributed by atoms with Crippen LogP contribution in [0, 0.1) is 5.41 Å². The SMILES string of the molecule is CCC(CC)(CN)C(=O)N(C)C1CCc2ccccc21. The van der Waals surface area contributed by atoms with E-state index in [4.69, 9.17) is 5.73 Å². The van der Waals surface area contributed by atoms with E-state index >= 15 is 0 Å². The molecule has 0 heterocycles. The Labute approximate surface area is 122 Å². The maximum Gasteiger partial charge on any atom is 0.230 e. The highest BCUT2D eigenvalue weighted by atomic mass is 16.2. The second-order valence-electron chi connectivity index (χ2n) is 5.86. The lowest BCUT2D eigenvalue weighted by Gasteiger charge is -2.36. The van der Waals surface area contributed by atoms with Crippen LogP contribution < -0.4 is 5.73 Å². The molecule has 1 unspecified atom stereocenters. The van der Waals surface area contributed by atoms with Crippen LogP contribution in [0.25, 0.3) is 0 Å². The Morgan fingerprint density at radius 2 is 2.00 bits per heavy atom. The summed E-state index contributed by atoms with van der Waals surface area (Å²) in [4.78, 5) is 14.8. The monoisotopic (exact) mass is 274 g/mol. The third-order valence-corrected chi connectivity index (χ3v) is 5.09. The maximum absolute atomic E-state index is 12.9. The zero-order chi connectivity index (χ0) is 14.8. The molecule has 2 rings (SSSR count). The number of carbonyl (C=O) groups excluding carboxylic acids is 1. The quantitative estimate of drug-likeness (QED) is 0.897. The molecule has 0 fully saturated rings. The van der Waals surface area contributed by atoms with E-state index in [0.717, 1.165) is 25.7 Å².